The number of hydrogen-bond donors (Lipinski definition) is 2. The maximum atomic E-state index is 12.6. The van der Waals surface area contributed by atoms with Crippen molar-refractivity contribution in [2.45, 2.75) is 37.8 Å². The number of rotatable bonds is 7. The van der Waals surface area contributed by atoms with Gasteiger partial charge in [0, 0.05) is 10.9 Å². The van der Waals surface area contributed by atoms with E-state index in [9.17, 15) is 9.59 Å². The second kappa shape index (κ2) is 9.28. The molecule has 4 nitrogen and oxygen atoms in total. The van der Waals surface area contributed by atoms with Crippen molar-refractivity contribution in [2.75, 3.05) is 5.75 Å². The third kappa shape index (κ3) is 5.94. The number of carbonyl (C=O) groups excluding carboxylic acids is 2. The molecule has 2 aromatic carbocycles. The van der Waals surface area contributed by atoms with Crippen molar-refractivity contribution in [1.82, 2.24) is 10.6 Å². The second-order valence-electron chi connectivity index (χ2n) is 6.11. The summed E-state index contributed by atoms with van der Waals surface area (Å²) in [6, 6.07) is 17.2. The molecule has 0 radical (unpaired) electrons. The van der Waals surface area contributed by atoms with E-state index in [1.807, 2.05) is 69.3 Å². The van der Waals surface area contributed by atoms with Crippen LogP contribution in [0.1, 0.15) is 42.7 Å². The van der Waals surface area contributed by atoms with E-state index in [1.165, 1.54) is 11.8 Å². The molecule has 2 rings (SSSR count). The molecular formula is C20H24N2O2S. The van der Waals surface area contributed by atoms with Crippen LogP contribution in [0.4, 0.5) is 0 Å². The molecule has 2 aromatic rings. The zero-order chi connectivity index (χ0) is 18.2. The monoisotopic (exact) mass is 356 g/mol. The summed E-state index contributed by atoms with van der Waals surface area (Å²) in [5.41, 5.74) is 1.64. The molecule has 25 heavy (non-hydrogen) atoms. The van der Waals surface area contributed by atoms with Crippen molar-refractivity contribution in [3.63, 3.8) is 0 Å². The molecule has 0 spiro atoms. The lowest BCUT2D eigenvalue weighted by Gasteiger charge is -2.16. The van der Waals surface area contributed by atoms with Crippen LogP contribution in [0.25, 0.3) is 0 Å². The second-order valence-corrected chi connectivity index (χ2v) is 7.13. The Bertz CT molecular complexity index is 717. The maximum absolute atomic E-state index is 12.6. The summed E-state index contributed by atoms with van der Waals surface area (Å²) >= 11 is 1.38. The van der Waals surface area contributed by atoms with E-state index in [0.29, 0.717) is 5.56 Å². The van der Waals surface area contributed by atoms with Gasteiger partial charge in [0.05, 0.1) is 17.4 Å². The molecule has 5 heteroatoms. The Labute approximate surface area is 153 Å². The Balaban J connectivity index is 2.03. The molecule has 0 heterocycles. The Morgan fingerprint density at radius 2 is 1.56 bits per heavy atom. The van der Waals surface area contributed by atoms with Gasteiger partial charge in [-0.3, -0.25) is 9.59 Å². The fourth-order valence-electron chi connectivity index (χ4n) is 2.39. The minimum absolute atomic E-state index is 0.0344. The highest BCUT2D eigenvalue weighted by atomic mass is 32.2. The third-order valence-electron chi connectivity index (χ3n) is 3.59. The summed E-state index contributed by atoms with van der Waals surface area (Å²) in [7, 11) is 0. The van der Waals surface area contributed by atoms with Gasteiger partial charge in [0.1, 0.15) is 0 Å². The highest BCUT2D eigenvalue weighted by Crippen LogP contribution is 2.23. The van der Waals surface area contributed by atoms with Gasteiger partial charge in [-0.15, -0.1) is 11.8 Å². The summed E-state index contributed by atoms with van der Waals surface area (Å²) in [6.45, 7) is 5.81. The van der Waals surface area contributed by atoms with Crippen LogP contribution in [0.2, 0.25) is 0 Å². The molecule has 0 aliphatic carbocycles. The van der Waals surface area contributed by atoms with Gasteiger partial charge in [-0.2, -0.15) is 0 Å². The van der Waals surface area contributed by atoms with Gasteiger partial charge in [0.15, 0.2) is 0 Å². The largest absolute Gasteiger partial charge is 0.353 e. The maximum Gasteiger partial charge on any atom is 0.252 e. The number of nitrogens with one attached hydrogen (secondary N) is 2. The first-order chi connectivity index (χ1) is 12.0. The van der Waals surface area contributed by atoms with E-state index in [4.69, 9.17) is 0 Å². The molecule has 2 amide bonds. The van der Waals surface area contributed by atoms with Gasteiger partial charge in [-0.25, -0.2) is 0 Å². The molecular weight excluding hydrogens is 332 g/mol. The van der Waals surface area contributed by atoms with Gasteiger partial charge in [-0.05, 0) is 38.5 Å². The van der Waals surface area contributed by atoms with Gasteiger partial charge in [0.2, 0.25) is 5.91 Å². The van der Waals surface area contributed by atoms with Crippen LogP contribution in [-0.2, 0) is 4.79 Å². The van der Waals surface area contributed by atoms with Gasteiger partial charge >= 0.3 is 0 Å². The Kier molecular flexibility index (Phi) is 7.07. The van der Waals surface area contributed by atoms with Crippen molar-refractivity contribution in [3.05, 3.63) is 65.7 Å². The molecule has 0 saturated carbocycles. The van der Waals surface area contributed by atoms with Crippen molar-refractivity contribution < 1.29 is 9.59 Å². The lowest BCUT2D eigenvalue weighted by molar-refractivity contribution is -0.119. The van der Waals surface area contributed by atoms with Crippen molar-refractivity contribution in [3.8, 4) is 0 Å². The van der Waals surface area contributed by atoms with E-state index in [0.717, 1.165) is 10.5 Å². The fourth-order valence-corrected chi connectivity index (χ4v) is 3.25. The predicted octanol–water partition coefficient (Wildman–Crippen LogP) is 3.79. The number of benzene rings is 2. The standard InChI is InChI=1S/C20H24N2O2S/c1-14(2)21-19(23)13-25-18-12-8-7-11-17(18)20(24)22-15(3)16-9-5-4-6-10-16/h4-12,14-15H,13H2,1-3H3,(H,21,23)(H,22,24). The van der Waals surface area contributed by atoms with E-state index >= 15 is 0 Å². The first-order valence-corrected chi connectivity index (χ1v) is 9.33. The van der Waals surface area contributed by atoms with Crippen LogP contribution in [0.3, 0.4) is 0 Å². The Morgan fingerprint density at radius 3 is 2.24 bits per heavy atom. The third-order valence-corrected chi connectivity index (χ3v) is 4.66. The van der Waals surface area contributed by atoms with Gasteiger partial charge < -0.3 is 10.6 Å². The highest BCUT2D eigenvalue weighted by Gasteiger charge is 2.15. The average Bonchev–Trinajstić information content (AvgIpc) is 2.60. The van der Waals surface area contributed by atoms with Gasteiger partial charge in [-0.1, -0.05) is 42.5 Å². The molecule has 132 valence electrons. The van der Waals surface area contributed by atoms with Crippen molar-refractivity contribution in [2.24, 2.45) is 0 Å². The Hall–Kier alpha value is -2.27. The topological polar surface area (TPSA) is 58.2 Å². The normalized spacial score (nSPS) is 11.8. The first-order valence-electron chi connectivity index (χ1n) is 8.34. The minimum Gasteiger partial charge on any atom is -0.353 e. The molecule has 0 aliphatic rings. The molecule has 0 aliphatic heterocycles. The van der Waals surface area contributed by atoms with E-state index < -0.39 is 0 Å². The fraction of sp³-hybridized carbons (Fsp3) is 0.300. The smallest absolute Gasteiger partial charge is 0.252 e. The van der Waals surface area contributed by atoms with Crippen molar-refractivity contribution >= 4 is 23.6 Å². The van der Waals surface area contributed by atoms with E-state index in [-0.39, 0.29) is 29.7 Å². The number of carbonyl (C=O) groups is 2. The number of amides is 2. The van der Waals surface area contributed by atoms with Crippen LogP contribution in [0.15, 0.2) is 59.5 Å². The molecule has 0 bridgehead atoms. The quantitative estimate of drug-likeness (QED) is 0.742. The molecule has 0 aromatic heterocycles. The number of thioether (sulfide) groups is 1. The molecule has 1 unspecified atom stereocenters. The number of hydrogen-bond acceptors (Lipinski definition) is 3. The SMILES string of the molecule is CC(C)NC(=O)CSc1ccccc1C(=O)NC(C)c1ccccc1. The molecule has 0 saturated heterocycles. The molecule has 0 fully saturated rings. The lowest BCUT2D eigenvalue weighted by atomic mass is 10.1. The average molecular weight is 356 g/mol. The zero-order valence-electron chi connectivity index (χ0n) is 14.8. The van der Waals surface area contributed by atoms with Crippen LogP contribution >= 0.6 is 11.8 Å². The highest BCUT2D eigenvalue weighted by molar-refractivity contribution is 8.00. The first kappa shape index (κ1) is 19.1. The van der Waals surface area contributed by atoms with Crippen LogP contribution in [-0.4, -0.2) is 23.6 Å². The van der Waals surface area contributed by atoms with Crippen LogP contribution in [0, 0.1) is 0 Å². The summed E-state index contributed by atoms with van der Waals surface area (Å²) in [6.07, 6.45) is 0. The van der Waals surface area contributed by atoms with E-state index in [2.05, 4.69) is 10.6 Å². The molecule has 2 N–H and O–H groups in total. The molecule has 1 atom stereocenters. The summed E-state index contributed by atoms with van der Waals surface area (Å²) in [4.78, 5) is 25.3. The van der Waals surface area contributed by atoms with Crippen LogP contribution in [0.5, 0.6) is 0 Å². The summed E-state index contributed by atoms with van der Waals surface area (Å²) < 4.78 is 0. The zero-order valence-corrected chi connectivity index (χ0v) is 15.6. The predicted molar refractivity (Wildman–Crippen MR) is 103 cm³/mol. The van der Waals surface area contributed by atoms with Crippen molar-refractivity contribution in [1.29, 1.82) is 0 Å². The van der Waals surface area contributed by atoms with E-state index in [1.54, 1.807) is 6.07 Å². The minimum atomic E-state index is -0.135. The lowest BCUT2D eigenvalue weighted by Crippen LogP contribution is -2.31. The van der Waals surface area contributed by atoms with Crippen LogP contribution < -0.4 is 10.6 Å². The summed E-state index contributed by atoms with van der Waals surface area (Å²) in [5, 5.41) is 5.87. The van der Waals surface area contributed by atoms with Gasteiger partial charge in [0.25, 0.3) is 5.91 Å². The Morgan fingerprint density at radius 1 is 0.920 bits per heavy atom. The summed E-state index contributed by atoms with van der Waals surface area (Å²) in [5.74, 6) is 0.119.